The number of aromatic nitrogens is 1. The molecule has 0 aliphatic rings. The molecule has 0 fully saturated rings. The van der Waals surface area contributed by atoms with E-state index in [1.807, 2.05) is 11.8 Å². The Kier molecular flexibility index (Phi) is 6.40. The summed E-state index contributed by atoms with van der Waals surface area (Å²) < 4.78 is 2.30. The van der Waals surface area contributed by atoms with Gasteiger partial charge in [0.1, 0.15) is 0 Å². The Bertz CT molecular complexity index is 519. The summed E-state index contributed by atoms with van der Waals surface area (Å²) in [4.78, 5) is 1.34. The Morgan fingerprint density at radius 3 is 2.57 bits per heavy atom. The highest BCUT2D eigenvalue weighted by Crippen LogP contribution is 2.22. The second-order valence-corrected chi connectivity index (χ2v) is 6.79. The summed E-state index contributed by atoms with van der Waals surface area (Å²) in [5.74, 6) is 1.71. The molecule has 0 saturated heterocycles. The quantitative estimate of drug-likeness (QED) is 0.718. The van der Waals surface area contributed by atoms with Crippen LogP contribution in [0, 0.1) is 5.92 Å². The molecule has 1 N–H and O–H groups in total. The summed E-state index contributed by atoms with van der Waals surface area (Å²) in [6.07, 6.45) is 4.49. The standard InChI is InChI=1S/C18H26N2S/c1-4-19-18(15(2)3)16-10-11-20(14-16)12-13-21-17-8-6-5-7-9-17/h5-11,14-15,18-19H,4,12-13H2,1-3H3. The van der Waals surface area contributed by atoms with E-state index in [-0.39, 0.29) is 0 Å². The Morgan fingerprint density at radius 1 is 1.14 bits per heavy atom. The number of hydrogen-bond acceptors (Lipinski definition) is 2. The van der Waals surface area contributed by atoms with Gasteiger partial charge >= 0.3 is 0 Å². The first kappa shape index (κ1) is 16.2. The molecule has 2 rings (SSSR count). The highest BCUT2D eigenvalue weighted by atomic mass is 32.2. The zero-order valence-electron chi connectivity index (χ0n) is 13.3. The van der Waals surface area contributed by atoms with Crippen molar-refractivity contribution in [2.24, 2.45) is 5.92 Å². The zero-order chi connectivity index (χ0) is 15.1. The maximum atomic E-state index is 3.58. The lowest BCUT2D eigenvalue weighted by molar-refractivity contribution is 0.421. The minimum Gasteiger partial charge on any atom is -0.353 e. The molecule has 2 nitrogen and oxygen atoms in total. The summed E-state index contributed by atoms with van der Waals surface area (Å²) in [5.41, 5.74) is 1.40. The van der Waals surface area contributed by atoms with Crippen LogP contribution < -0.4 is 5.32 Å². The molecule has 0 aliphatic carbocycles. The number of rotatable bonds is 8. The molecule has 1 unspecified atom stereocenters. The van der Waals surface area contributed by atoms with E-state index in [4.69, 9.17) is 0 Å². The van der Waals surface area contributed by atoms with Gasteiger partial charge in [-0.25, -0.2) is 0 Å². The molecule has 0 spiro atoms. The molecule has 114 valence electrons. The molecule has 0 saturated carbocycles. The normalized spacial score (nSPS) is 12.8. The van der Waals surface area contributed by atoms with Gasteiger partial charge in [-0.05, 0) is 36.2 Å². The van der Waals surface area contributed by atoms with E-state index in [1.54, 1.807) is 0 Å². The first-order valence-electron chi connectivity index (χ1n) is 7.77. The highest BCUT2D eigenvalue weighted by Gasteiger charge is 2.15. The lowest BCUT2D eigenvalue weighted by atomic mass is 9.98. The average Bonchev–Trinajstić information content (AvgIpc) is 2.94. The maximum absolute atomic E-state index is 3.58. The average molecular weight is 302 g/mol. The van der Waals surface area contributed by atoms with Crippen LogP contribution in [0.15, 0.2) is 53.7 Å². The Labute approximate surface area is 133 Å². The number of thioether (sulfide) groups is 1. The van der Waals surface area contributed by atoms with E-state index >= 15 is 0 Å². The van der Waals surface area contributed by atoms with Crippen molar-refractivity contribution in [2.45, 2.75) is 38.3 Å². The van der Waals surface area contributed by atoms with Crippen LogP contribution >= 0.6 is 11.8 Å². The lowest BCUT2D eigenvalue weighted by Gasteiger charge is -2.20. The molecule has 0 radical (unpaired) electrons. The summed E-state index contributed by atoms with van der Waals surface area (Å²) >= 11 is 1.91. The molecule has 21 heavy (non-hydrogen) atoms. The number of benzene rings is 1. The monoisotopic (exact) mass is 302 g/mol. The number of hydrogen-bond donors (Lipinski definition) is 1. The molecule has 0 bridgehead atoms. The molecule has 1 heterocycles. The van der Waals surface area contributed by atoms with Crippen LogP contribution in [0.5, 0.6) is 0 Å². The summed E-state index contributed by atoms with van der Waals surface area (Å²) in [7, 11) is 0. The topological polar surface area (TPSA) is 17.0 Å². The van der Waals surface area contributed by atoms with Crippen molar-refractivity contribution in [1.82, 2.24) is 9.88 Å². The van der Waals surface area contributed by atoms with Gasteiger partial charge in [0, 0.05) is 35.6 Å². The third-order valence-electron chi connectivity index (χ3n) is 3.58. The molecule has 3 heteroatoms. The molecule has 1 aromatic carbocycles. The van der Waals surface area contributed by atoms with Crippen LogP contribution in [0.1, 0.15) is 32.4 Å². The van der Waals surface area contributed by atoms with Gasteiger partial charge < -0.3 is 9.88 Å². The van der Waals surface area contributed by atoms with Crippen molar-refractivity contribution in [2.75, 3.05) is 12.3 Å². The summed E-state index contributed by atoms with van der Waals surface area (Å²) in [6, 6.07) is 13.3. The Balaban J connectivity index is 1.87. The van der Waals surface area contributed by atoms with Gasteiger partial charge in [-0.15, -0.1) is 11.8 Å². The minimum atomic E-state index is 0.457. The van der Waals surface area contributed by atoms with Crippen molar-refractivity contribution in [3.05, 3.63) is 54.4 Å². The first-order chi connectivity index (χ1) is 10.2. The van der Waals surface area contributed by atoms with Gasteiger partial charge in [-0.3, -0.25) is 0 Å². The van der Waals surface area contributed by atoms with Crippen LogP contribution in [0.3, 0.4) is 0 Å². The second kappa shape index (κ2) is 8.30. The van der Waals surface area contributed by atoms with E-state index < -0.39 is 0 Å². The van der Waals surface area contributed by atoms with Crippen molar-refractivity contribution in [1.29, 1.82) is 0 Å². The number of nitrogens with one attached hydrogen (secondary N) is 1. The fraction of sp³-hybridized carbons (Fsp3) is 0.444. The largest absolute Gasteiger partial charge is 0.353 e. The summed E-state index contributed by atoms with van der Waals surface area (Å²) in [6.45, 7) is 8.78. The molecule has 0 amide bonds. The fourth-order valence-corrected chi connectivity index (χ4v) is 3.41. The fourth-order valence-electron chi connectivity index (χ4n) is 2.53. The van der Waals surface area contributed by atoms with Gasteiger partial charge in [0.05, 0.1) is 0 Å². The second-order valence-electron chi connectivity index (χ2n) is 5.62. The summed E-state index contributed by atoms with van der Waals surface area (Å²) in [5, 5.41) is 3.58. The van der Waals surface area contributed by atoms with Crippen molar-refractivity contribution in [3.8, 4) is 0 Å². The van der Waals surface area contributed by atoms with Crippen LogP contribution in [-0.4, -0.2) is 16.9 Å². The van der Waals surface area contributed by atoms with Gasteiger partial charge in [-0.2, -0.15) is 0 Å². The van der Waals surface area contributed by atoms with E-state index in [1.165, 1.54) is 10.5 Å². The zero-order valence-corrected chi connectivity index (χ0v) is 14.1. The Hall–Kier alpha value is -1.19. The minimum absolute atomic E-state index is 0.457. The SMILES string of the molecule is CCNC(c1ccn(CCSc2ccccc2)c1)C(C)C. The maximum Gasteiger partial charge on any atom is 0.0358 e. The van der Waals surface area contributed by atoms with Gasteiger partial charge in [0.25, 0.3) is 0 Å². The van der Waals surface area contributed by atoms with Gasteiger partial charge in [0.2, 0.25) is 0 Å². The predicted molar refractivity (Wildman–Crippen MR) is 92.9 cm³/mol. The van der Waals surface area contributed by atoms with Crippen molar-refractivity contribution < 1.29 is 0 Å². The van der Waals surface area contributed by atoms with Crippen molar-refractivity contribution >= 4 is 11.8 Å². The van der Waals surface area contributed by atoms with Crippen molar-refractivity contribution in [3.63, 3.8) is 0 Å². The first-order valence-corrected chi connectivity index (χ1v) is 8.76. The van der Waals surface area contributed by atoms with Gasteiger partial charge in [0.15, 0.2) is 0 Å². The molecule has 2 aromatic rings. The lowest BCUT2D eigenvalue weighted by Crippen LogP contribution is -2.25. The predicted octanol–water partition coefficient (Wildman–Crippen LogP) is 4.59. The molecular formula is C18H26N2S. The van der Waals surface area contributed by atoms with E-state index in [9.17, 15) is 0 Å². The molecular weight excluding hydrogens is 276 g/mol. The smallest absolute Gasteiger partial charge is 0.0358 e. The van der Waals surface area contributed by atoms with E-state index in [2.05, 4.69) is 79.4 Å². The number of nitrogens with zero attached hydrogens (tertiary/aromatic N) is 1. The van der Waals surface area contributed by atoms with Gasteiger partial charge in [-0.1, -0.05) is 39.0 Å². The molecule has 1 aromatic heterocycles. The highest BCUT2D eigenvalue weighted by molar-refractivity contribution is 7.99. The van der Waals surface area contributed by atoms with E-state index in [0.717, 1.165) is 18.8 Å². The van der Waals surface area contributed by atoms with E-state index in [0.29, 0.717) is 12.0 Å². The van der Waals surface area contributed by atoms with Crippen LogP contribution in [0.2, 0.25) is 0 Å². The number of aryl methyl sites for hydroxylation is 1. The van der Waals surface area contributed by atoms with Crippen LogP contribution in [0.4, 0.5) is 0 Å². The van der Waals surface area contributed by atoms with Crippen LogP contribution in [-0.2, 0) is 6.54 Å². The van der Waals surface area contributed by atoms with Crippen LogP contribution in [0.25, 0.3) is 0 Å². The third kappa shape index (κ3) is 4.94. The molecule has 0 aliphatic heterocycles. The third-order valence-corrected chi connectivity index (χ3v) is 4.58. The Morgan fingerprint density at radius 2 is 1.90 bits per heavy atom. The molecule has 1 atom stereocenters.